The van der Waals surface area contributed by atoms with Crippen LogP contribution < -0.4 is 0 Å². The molecule has 1 heterocycles. The smallest absolute Gasteiger partial charge is 0.311 e. The molecule has 4 saturated carbocycles. The van der Waals surface area contributed by atoms with Gasteiger partial charge in [0.1, 0.15) is 6.10 Å². The summed E-state index contributed by atoms with van der Waals surface area (Å²) in [5.41, 5.74) is -0.270. The van der Waals surface area contributed by atoms with Crippen LogP contribution in [-0.2, 0) is 19.1 Å². The number of carbonyl (C=O) groups excluding carboxylic acids is 2. The first-order valence-corrected chi connectivity index (χ1v) is 10.2. The molecule has 0 amide bonds. The van der Waals surface area contributed by atoms with Crippen LogP contribution in [0.25, 0.3) is 0 Å². The third-order valence-corrected chi connectivity index (χ3v) is 8.80. The largest absolute Gasteiger partial charge is 0.465 e. The van der Waals surface area contributed by atoms with Gasteiger partial charge >= 0.3 is 11.9 Å². The van der Waals surface area contributed by atoms with Crippen LogP contribution in [0.3, 0.4) is 0 Å². The highest BCUT2D eigenvalue weighted by atomic mass is 16.5. The van der Waals surface area contributed by atoms with Crippen molar-refractivity contribution in [2.45, 2.75) is 65.4 Å². The quantitative estimate of drug-likeness (QED) is 0.579. The molecule has 5 aliphatic rings. The number of cyclic esters (lactones) is 1. The van der Waals surface area contributed by atoms with Gasteiger partial charge in [0.2, 0.25) is 0 Å². The maximum Gasteiger partial charge on any atom is 0.311 e. The molecular weight excluding hydrogens is 316 g/mol. The van der Waals surface area contributed by atoms with Gasteiger partial charge in [-0.1, -0.05) is 6.92 Å². The highest BCUT2D eigenvalue weighted by molar-refractivity contribution is 5.76. The Balaban J connectivity index is 1.36. The van der Waals surface area contributed by atoms with Crippen molar-refractivity contribution in [1.29, 1.82) is 0 Å². The van der Waals surface area contributed by atoms with Gasteiger partial charge in [0.15, 0.2) is 0 Å². The van der Waals surface area contributed by atoms with Crippen molar-refractivity contribution >= 4 is 11.9 Å². The molecule has 8 atom stereocenters. The molecule has 8 unspecified atom stereocenters. The zero-order chi connectivity index (χ0) is 17.6. The Kier molecular flexibility index (Phi) is 3.24. The number of hydrogen-bond acceptors (Lipinski definition) is 4. The molecule has 0 aromatic carbocycles. The first-order valence-electron chi connectivity index (χ1n) is 10.2. The van der Waals surface area contributed by atoms with Crippen LogP contribution in [0.1, 0.15) is 59.3 Å². The molecule has 1 saturated heterocycles. The number of carbonyl (C=O) groups is 2. The fourth-order valence-corrected chi connectivity index (χ4v) is 7.41. The van der Waals surface area contributed by atoms with Crippen molar-refractivity contribution in [3.05, 3.63) is 0 Å². The molecule has 5 fully saturated rings. The molecule has 4 aliphatic carbocycles. The lowest BCUT2D eigenvalue weighted by Gasteiger charge is -2.45. The van der Waals surface area contributed by atoms with E-state index in [1.165, 1.54) is 19.3 Å². The van der Waals surface area contributed by atoms with Crippen molar-refractivity contribution in [1.82, 2.24) is 0 Å². The minimum absolute atomic E-state index is 0.0000652. The first-order chi connectivity index (χ1) is 11.8. The Morgan fingerprint density at radius 1 is 1.24 bits per heavy atom. The van der Waals surface area contributed by atoms with Crippen molar-refractivity contribution < 1.29 is 19.1 Å². The van der Waals surface area contributed by atoms with Gasteiger partial charge in [0.25, 0.3) is 0 Å². The van der Waals surface area contributed by atoms with Gasteiger partial charge in [-0.15, -0.1) is 0 Å². The summed E-state index contributed by atoms with van der Waals surface area (Å²) < 4.78 is 11.5. The van der Waals surface area contributed by atoms with Crippen LogP contribution in [0.5, 0.6) is 0 Å². The van der Waals surface area contributed by atoms with Crippen LogP contribution in [0.15, 0.2) is 0 Å². The van der Waals surface area contributed by atoms with Gasteiger partial charge in [-0.2, -0.15) is 0 Å². The Labute approximate surface area is 150 Å². The van der Waals surface area contributed by atoms with Crippen molar-refractivity contribution in [2.24, 2.45) is 46.3 Å². The van der Waals surface area contributed by atoms with Crippen molar-refractivity contribution in [3.8, 4) is 0 Å². The highest BCUT2D eigenvalue weighted by Gasteiger charge is 2.70. The SMILES string of the molecule is CCC(C)(C)C(=O)OC1CC2CC1C1C2C2CC1C1(COC(=O)C1)C2. The van der Waals surface area contributed by atoms with Crippen LogP contribution in [0.2, 0.25) is 0 Å². The van der Waals surface area contributed by atoms with E-state index in [4.69, 9.17) is 9.47 Å². The van der Waals surface area contributed by atoms with E-state index in [2.05, 4.69) is 6.92 Å². The summed E-state index contributed by atoms with van der Waals surface area (Å²) in [5, 5.41) is 0. The fraction of sp³-hybridized carbons (Fsp3) is 0.905. The number of rotatable bonds is 3. The summed E-state index contributed by atoms with van der Waals surface area (Å²) >= 11 is 0. The molecule has 4 nitrogen and oxygen atoms in total. The third-order valence-electron chi connectivity index (χ3n) is 8.80. The normalized spacial score (nSPS) is 49.7. The predicted molar refractivity (Wildman–Crippen MR) is 91.4 cm³/mol. The van der Waals surface area contributed by atoms with E-state index in [1.807, 2.05) is 13.8 Å². The Morgan fingerprint density at radius 2 is 2.04 bits per heavy atom. The molecule has 5 rings (SSSR count). The zero-order valence-electron chi connectivity index (χ0n) is 15.6. The second-order valence-electron chi connectivity index (χ2n) is 10.2. The summed E-state index contributed by atoms with van der Waals surface area (Å²) in [7, 11) is 0. The van der Waals surface area contributed by atoms with E-state index in [0.29, 0.717) is 30.8 Å². The zero-order valence-corrected chi connectivity index (χ0v) is 15.6. The molecule has 1 aliphatic heterocycles. The molecule has 4 heteroatoms. The summed E-state index contributed by atoms with van der Waals surface area (Å²) in [6.45, 7) is 6.66. The molecule has 25 heavy (non-hydrogen) atoms. The lowest BCUT2D eigenvalue weighted by molar-refractivity contribution is -0.165. The Hall–Kier alpha value is -1.06. The molecule has 0 aromatic heterocycles. The Bertz CT molecular complexity index is 625. The van der Waals surface area contributed by atoms with Crippen LogP contribution in [0.4, 0.5) is 0 Å². The molecule has 4 bridgehead atoms. The third kappa shape index (κ3) is 2.06. The first kappa shape index (κ1) is 16.1. The van der Waals surface area contributed by atoms with E-state index in [0.717, 1.165) is 30.6 Å². The van der Waals surface area contributed by atoms with E-state index in [1.54, 1.807) is 0 Å². The average Bonchev–Trinajstić information content (AvgIpc) is 3.33. The topological polar surface area (TPSA) is 52.6 Å². The highest BCUT2D eigenvalue weighted by Crippen LogP contribution is 2.73. The van der Waals surface area contributed by atoms with E-state index >= 15 is 0 Å². The maximum absolute atomic E-state index is 12.6. The standard InChI is InChI=1S/C21H30O4/c1-4-20(2,3)19(23)25-15-7-11-5-13(15)18-14-6-12(17(11)18)8-21(14)9-16(22)24-10-21/h11-15,17-18H,4-10H2,1-3H3. The van der Waals surface area contributed by atoms with Gasteiger partial charge in [0.05, 0.1) is 18.4 Å². The second kappa shape index (κ2) is 5.01. The van der Waals surface area contributed by atoms with Gasteiger partial charge in [-0.25, -0.2) is 0 Å². The monoisotopic (exact) mass is 346 g/mol. The van der Waals surface area contributed by atoms with E-state index in [9.17, 15) is 9.59 Å². The molecule has 0 aromatic rings. The summed E-state index contributed by atoms with van der Waals surface area (Å²) in [5.74, 6) is 4.12. The van der Waals surface area contributed by atoms with Crippen molar-refractivity contribution in [3.63, 3.8) is 0 Å². The molecule has 1 spiro atoms. The lowest BCUT2D eigenvalue weighted by Crippen LogP contribution is -2.45. The number of esters is 2. The molecule has 0 radical (unpaired) electrons. The predicted octanol–water partition coefficient (Wildman–Crippen LogP) is 3.58. The van der Waals surface area contributed by atoms with Crippen LogP contribution in [0, 0.1) is 46.3 Å². The van der Waals surface area contributed by atoms with E-state index in [-0.39, 0.29) is 28.9 Å². The maximum atomic E-state index is 12.6. The fourth-order valence-electron chi connectivity index (χ4n) is 7.41. The average molecular weight is 346 g/mol. The van der Waals surface area contributed by atoms with Gasteiger partial charge in [-0.3, -0.25) is 9.59 Å². The number of hydrogen-bond donors (Lipinski definition) is 0. The number of ether oxygens (including phenoxy) is 2. The summed E-state index contributed by atoms with van der Waals surface area (Å²) in [6.07, 6.45) is 6.33. The molecular formula is C21H30O4. The Morgan fingerprint density at radius 3 is 2.72 bits per heavy atom. The second-order valence-corrected chi connectivity index (χ2v) is 10.2. The van der Waals surface area contributed by atoms with Gasteiger partial charge in [0, 0.05) is 5.41 Å². The van der Waals surface area contributed by atoms with Crippen molar-refractivity contribution in [2.75, 3.05) is 6.61 Å². The van der Waals surface area contributed by atoms with Crippen LogP contribution >= 0.6 is 0 Å². The van der Waals surface area contributed by atoms with E-state index < -0.39 is 0 Å². The van der Waals surface area contributed by atoms with Gasteiger partial charge in [-0.05, 0) is 81.5 Å². The minimum Gasteiger partial charge on any atom is -0.465 e. The van der Waals surface area contributed by atoms with Gasteiger partial charge < -0.3 is 9.47 Å². The van der Waals surface area contributed by atoms with Crippen LogP contribution in [-0.4, -0.2) is 24.6 Å². The summed E-state index contributed by atoms with van der Waals surface area (Å²) in [4.78, 5) is 24.4. The molecule has 138 valence electrons. The minimum atomic E-state index is -0.386. The summed E-state index contributed by atoms with van der Waals surface area (Å²) in [6, 6.07) is 0. The lowest BCUT2D eigenvalue weighted by atomic mass is 9.60. The molecule has 0 N–H and O–H groups in total. The number of fused-ring (bicyclic) bond motifs is 10.